The van der Waals surface area contributed by atoms with Crippen LogP contribution in [-0.4, -0.2) is 20.1 Å². The maximum absolute atomic E-state index is 12.1. The van der Waals surface area contributed by atoms with Gasteiger partial charge in [0, 0.05) is 17.5 Å². The molecule has 0 bridgehead atoms. The molecule has 2 atom stereocenters. The average Bonchev–Trinajstić information content (AvgIpc) is 2.46. The number of nitrogens with one attached hydrogen (secondary N) is 1. The molecule has 112 valence electrons. The highest BCUT2D eigenvalue weighted by Gasteiger charge is 2.18. The van der Waals surface area contributed by atoms with E-state index in [9.17, 15) is 4.79 Å². The number of ether oxygens (including phenoxy) is 2. The molecule has 1 aromatic carbocycles. The van der Waals surface area contributed by atoms with E-state index >= 15 is 0 Å². The Balaban J connectivity index is 2.81. The van der Waals surface area contributed by atoms with Crippen molar-refractivity contribution in [3.63, 3.8) is 0 Å². The summed E-state index contributed by atoms with van der Waals surface area (Å²) in [6.45, 7) is 6.00. The van der Waals surface area contributed by atoms with Crippen LogP contribution in [0.3, 0.4) is 0 Å². The Bertz CT molecular complexity index is 445. The minimum Gasteiger partial charge on any atom is -0.497 e. The van der Waals surface area contributed by atoms with Gasteiger partial charge in [-0.05, 0) is 25.5 Å². The second kappa shape index (κ2) is 7.78. The van der Waals surface area contributed by atoms with E-state index in [-0.39, 0.29) is 17.9 Å². The van der Waals surface area contributed by atoms with Crippen LogP contribution in [0.25, 0.3) is 0 Å². The topological polar surface area (TPSA) is 47.6 Å². The Hall–Kier alpha value is -1.71. The van der Waals surface area contributed by atoms with Crippen LogP contribution in [0.2, 0.25) is 0 Å². The first kappa shape index (κ1) is 16.3. The number of rotatable bonds is 7. The fraction of sp³-hybridized carbons (Fsp3) is 0.562. The minimum atomic E-state index is -0.0948. The maximum atomic E-state index is 12.1. The van der Waals surface area contributed by atoms with Crippen molar-refractivity contribution in [2.75, 3.05) is 14.2 Å². The van der Waals surface area contributed by atoms with Crippen LogP contribution in [0.15, 0.2) is 18.2 Å². The van der Waals surface area contributed by atoms with E-state index in [4.69, 9.17) is 9.47 Å². The molecular weight excluding hydrogens is 254 g/mol. The first-order valence-electron chi connectivity index (χ1n) is 7.05. The van der Waals surface area contributed by atoms with Crippen molar-refractivity contribution in [3.05, 3.63) is 23.8 Å². The Morgan fingerprint density at radius 2 is 1.95 bits per heavy atom. The summed E-state index contributed by atoms with van der Waals surface area (Å²) in [5, 5.41) is 3.03. The summed E-state index contributed by atoms with van der Waals surface area (Å²) in [4.78, 5) is 12.1. The fourth-order valence-corrected chi connectivity index (χ4v) is 2.17. The minimum absolute atomic E-state index is 0.0340. The molecule has 0 aliphatic rings. The Morgan fingerprint density at radius 1 is 1.25 bits per heavy atom. The zero-order valence-electron chi connectivity index (χ0n) is 13.0. The molecule has 0 aromatic heterocycles. The number of methoxy groups -OCH3 is 2. The molecule has 1 N–H and O–H groups in total. The molecule has 0 saturated carbocycles. The van der Waals surface area contributed by atoms with Gasteiger partial charge in [-0.1, -0.05) is 20.3 Å². The van der Waals surface area contributed by atoms with Crippen molar-refractivity contribution in [3.8, 4) is 11.5 Å². The van der Waals surface area contributed by atoms with Gasteiger partial charge in [-0.25, -0.2) is 0 Å². The Labute approximate surface area is 121 Å². The van der Waals surface area contributed by atoms with Gasteiger partial charge >= 0.3 is 0 Å². The van der Waals surface area contributed by atoms with Gasteiger partial charge in [-0.3, -0.25) is 4.79 Å². The van der Waals surface area contributed by atoms with Gasteiger partial charge in [0.15, 0.2) is 0 Å². The highest BCUT2D eigenvalue weighted by Crippen LogP contribution is 2.29. The van der Waals surface area contributed by atoms with Crippen LogP contribution in [0.1, 0.15) is 45.2 Å². The van der Waals surface area contributed by atoms with Gasteiger partial charge in [-0.15, -0.1) is 0 Å². The molecule has 1 aromatic rings. The Morgan fingerprint density at radius 3 is 2.50 bits per heavy atom. The van der Waals surface area contributed by atoms with Crippen LogP contribution in [0, 0.1) is 5.92 Å². The average molecular weight is 279 g/mol. The van der Waals surface area contributed by atoms with Gasteiger partial charge in [0.1, 0.15) is 11.5 Å². The van der Waals surface area contributed by atoms with Crippen LogP contribution < -0.4 is 14.8 Å². The van der Waals surface area contributed by atoms with Crippen LogP contribution in [0.4, 0.5) is 0 Å². The highest BCUT2D eigenvalue weighted by molar-refractivity contribution is 5.78. The van der Waals surface area contributed by atoms with Crippen LogP contribution in [-0.2, 0) is 4.79 Å². The van der Waals surface area contributed by atoms with Gasteiger partial charge in [-0.2, -0.15) is 0 Å². The predicted molar refractivity (Wildman–Crippen MR) is 80.2 cm³/mol. The second-order valence-electron chi connectivity index (χ2n) is 5.03. The first-order valence-corrected chi connectivity index (χ1v) is 7.05. The number of hydrogen-bond donors (Lipinski definition) is 1. The first-order chi connectivity index (χ1) is 9.53. The van der Waals surface area contributed by atoms with E-state index in [1.54, 1.807) is 14.2 Å². The summed E-state index contributed by atoms with van der Waals surface area (Å²) in [6.07, 6.45) is 1.91. The largest absolute Gasteiger partial charge is 0.497 e. The third kappa shape index (κ3) is 4.15. The number of hydrogen-bond acceptors (Lipinski definition) is 3. The summed E-state index contributed by atoms with van der Waals surface area (Å²) < 4.78 is 10.5. The summed E-state index contributed by atoms with van der Waals surface area (Å²) in [5.41, 5.74) is 0.949. The summed E-state index contributed by atoms with van der Waals surface area (Å²) in [6, 6.07) is 5.53. The number of amides is 1. The second-order valence-corrected chi connectivity index (χ2v) is 5.03. The monoisotopic (exact) mass is 279 g/mol. The van der Waals surface area contributed by atoms with E-state index in [0.29, 0.717) is 0 Å². The molecule has 0 radical (unpaired) electrons. The predicted octanol–water partition coefficient (Wildman–Crippen LogP) is 3.32. The molecule has 0 fully saturated rings. The van der Waals surface area contributed by atoms with Crippen molar-refractivity contribution < 1.29 is 14.3 Å². The van der Waals surface area contributed by atoms with E-state index < -0.39 is 0 Å². The number of carbonyl (C=O) groups excluding carboxylic acids is 1. The maximum Gasteiger partial charge on any atom is 0.223 e. The lowest BCUT2D eigenvalue weighted by Gasteiger charge is -2.20. The highest BCUT2D eigenvalue weighted by atomic mass is 16.5. The molecule has 0 saturated heterocycles. The molecule has 1 rings (SSSR count). The standard InChI is InChI=1S/C16H25NO3/c1-6-7-11(2)16(18)17-12(3)14-9-8-13(19-4)10-15(14)20-5/h8-12H,6-7H2,1-5H3,(H,17,18). The molecule has 20 heavy (non-hydrogen) atoms. The molecule has 0 heterocycles. The third-order valence-corrected chi connectivity index (χ3v) is 3.44. The molecule has 0 aliphatic carbocycles. The smallest absolute Gasteiger partial charge is 0.223 e. The zero-order valence-corrected chi connectivity index (χ0v) is 13.0. The molecular formula is C16H25NO3. The lowest BCUT2D eigenvalue weighted by Crippen LogP contribution is -2.31. The van der Waals surface area contributed by atoms with E-state index in [1.807, 2.05) is 32.0 Å². The molecule has 0 aliphatic heterocycles. The molecule has 2 unspecified atom stereocenters. The van der Waals surface area contributed by atoms with Crippen LogP contribution in [0.5, 0.6) is 11.5 Å². The zero-order chi connectivity index (χ0) is 15.1. The number of carbonyl (C=O) groups is 1. The van der Waals surface area contributed by atoms with Gasteiger partial charge in [0.2, 0.25) is 5.91 Å². The summed E-state index contributed by atoms with van der Waals surface area (Å²) in [5.74, 6) is 1.58. The van der Waals surface area contributed by atoms with Crippen LogP contribution >= 0.6 is 0 Å². The van der Waals surface area contributed by atoms with Gasteiger partial charge in [0.05, 0.1) is 20.3 Å². The lowest BCUT2D eigenvalue weighted by molar-refractivity contribution is -0.125. The molecule has 4 heteroatoms. The van der Waals surface area contributed by atoms with Gasteiger partial charge < -0.3 is 14.8 Å². The molecule has 4 nitrogen and oxygen atoms in total. The third-order valence-electron chi connectivity index (χ3n) is 3.44. The number of benzene rings is 1. The summed E-state index contributed by atoms with van der Waals surface area (Å²) in [7, 11) is 3.23. The SMILES string of the molecule is CCCC(C)C(=O)NC(C)c1ccc(OC)cc1OC. The van der Waals surface area contributed by atoms with Gasteiger partial charge in [0.25, 0.3) is 0 Å². The van der Waals surface area contributed by atoms with E-state index in [1.165, 1.54) is 0 Å². The van der Waals surface area contributed by atoms with Crippen molar-refractivity contribution in [2.45, 2.75) is 39.7 Å². The van der Waals surface area contributed by atoms with Crippen molar-refractivity contribution in [1.82, 2.24) is 5.32 Å². The molecule has 0 spiro atoms. The van der Waals surface area contributed by atoms with E-state index in [2.05, 4.69) is 12.2 Å². The van der Waals surface area contributed by atoms with E-state index in [0.717, 1.165) is 29.9 Å². The van der Waals surface area contributed by atoms with Crippen molar-refractivity contribution in [2.24, 2.45) is 5.92 Å². The van der Waals surface area contributed by atoms with Crippen molar-refractivity contribution in [1.29, 1.82) is 0 Å². The fourth-order valence-electron chi connectivity index (χ4n) is 2.17. The molecule has 1 amide bonds. The summed E-state index contributed by atoms with van der Waals surface area (Å²) >= 11 is 0. The normalized spacial score (nSPS) is 13.4. The quantitative estimate of drug-likeness (QED) is 0.833. The lowest BCUT2D eigenvalue weighted by atomic mass is 10.0. The Kier molecular flexibility index (Phi) is 6.36. The van der Waals surface area contributed by atoms with Crippen molar-refractivity contribution >= 4 is 5.91 Å².